The molecule has 2 aliphatic rings. The molecule has 2 fully saturated rings. The Hall–Kier alpha value is -1.91. The van der Waals surface area contributed by atoms with E-state index in [2.05, 4.69) is 5.32 Å². The second-order valence-electron chi connectivity index (χ2n) is 6.00. The molecule has 1 heterocycles. The van der Waals surface area contributed by atoms with Crippen molar-refractivity contribution in [2.75, 3.05) is 13.6 Å². The number of amides is 2. The van der Waals surface area contributed by atoms with Gasteiger partial charge in [-0.1, -0.05) is 12.1 Å². The molecule has 1 saturated heterocycles. The molecule has 3 rings (SSSR count). The Kier molecular flexibility index (Phi) is 3.66. The lowest BCUT2D eigenvalue weighted by Crippen LogP contribution is -2.35. The second kappa shape index (κ2) is 5.47. The normalized spacial score (nSPS) is 25.2. The van der Waals surface area contributed by atoms with E-state index in [-0.39, 0.29) is 30.1 Å². The Morgan fingerprint density at radius 2 is 2.19 bits per heavy atom. The van der Waals surface area contributed by atoms with E-state index in [9.17, 15) is 14.0 Å². The monoisotopic (exact) mass is 290 g/mol. The van der Waals surface area contributed by atoms with E-state index in [0.717, 1.165) is 12.8 Å². The average Bonchev–Trinajstić information content (AvgIpc) is 3.23. The summed E-state index contributed by atoms with van der Waals surface area (Å²) >= 11 is 0. The molecule has 4 nitrogen and oxygen atoms in total. The summed E-state index contributed by atoms with van der Waals surface area (Å²) in [6, 6.07) is 5.76. The quantitative estimate of drug-likeness (QED) is 0.920. The molecule has 5 heteroatoms. The first-order valence-electron chi connectivity index (χ1n) is 7.35. The van der Waals surface area contributed by atoms with Crippen molar-refractivity contribution < 1.29 is 14.0 Å². The van der Waals surface area contributed by atoms with Gasteiger partial charge in [0.05, 0.1) is 12.0 Å². The van der Waals surface area contributed by atoms with Gasteiger partial charge in [-0.2, -0.15) is 0 Å². The molecule has 112 valence electrons. The number of nitrogens with one attached hydrogen (secondary N) is 1. The van der Waals surface area contributed by atoms with Crippen molar-refractivity contribution in [2.24, 2.45) is 11.8 Å². The predicted octanol–water partition coefficient (Wildman–Crippen LogP) is 1.87. The van der Waals surface area contributed by atoms with E-state index in [1.165, 1.54) is 12.1 Å². The number of likely N-dealkylation sites (tertiary alicyclic amines) is 1. The van der Waals surface area contributed by atoms with Crippen molar-refractivity contribution in [1.29, 1.82) is 0 Å². The van der Waals surface area contributed by atoms with Gasteiger partial charge in [0.1, 0.15) is 5.82 Å². The van der Waals surface area contributed by atoms with E-state index in [1.807, 2.05) is 0 Å². The predicted molar refractivity (Wildman–Crippen MR) is 75.8 cm³/mol. The lowest BCUT2D eigenvalue weighted by Gasteiger charge is -2.25. The largest absolute Gasteiger partial charge is 0.355 e. The molecule has 1 aliphatic carbocycles. The van der Waals surface area contributed by atoms with Crippen LogP contribution in [0.15, 0.2) is 24.3 Å². The first kappa shape index (κ1) is 14.0. The molecule has 0 bridgehead atoms. The highest BCUT2D eigenvalue weighted by Gasteiger charge is 2.42. The molecule has 1 aromatic rings. The van der Waals surface area contributed by atoms with Gasteiger partial charge in [-0.3, -0.25) is 9.59 Å². The molecule has 1 saturated carbocycles. The lowest BCUT2D eigenvalue weighted by molar-refractivity contribution is -0.128. The number of halogens is 1. The fourth-order valence-electron chi connectivity index (χ4n) is 2.95. The van der Waals surface area contributed by atoms with Gasteiger partial charge in [0.25, 0.3) is 0 Å². The minimum absolute atomic E-state index is 0.0733. The maximum absolute atomic E-state index is 13.4. The van der Waals surface area contributed by atoms with Crippen molar-refractivity contribution in [3.8, 4) is 0 Å². The molecule has 1 aliphatic heterocycles. The second-order valence-corrected chi connectivity index (χ2v) is 6.00. The summed E-state index contributed by atoms with van der Waals surface area (Å²) in [7, 11) is 1.67. The van der Waals surface area contributed by atoms with Crippen LogP contribution < -0.4 is 5.32 Å². The Labute approximate surface area is 123 Å². The number of benzene rings is 1. The fraction of sp³-hybridized carbons (Fsp3) is 0.500. The lowest BCUT2D eigenvalue weighted by atomic mass is 9.93. The zero-order chi connectivity index (χ0) is 15.0. The van der Waals surface area contributed by atoms with Gasteiger partial charge in [0.15, 0.2) is 0 Å². The SMILES string of the molecule is CN1C(=O)C[C@H](C(=O)NCC2CC2)[C@H]1c1cccc(F)c1. The standard InChI is InChI=1S/C16H19FN2O2/c1-19-14(20)8-13(16(21)18-9-10-5-6-10)15(19)11-3-2-4-12(17)7-11/h2-4,7,10,13,15H,5-6,8-9H2,1H3,(H,18,21)/t13-,15+/m0/s1. The molecular weight excluding hydrogens is 271 g/mol. The number of rotatable bonds is 4. The molecule has 2 amide bonds. The third kappa shape index (κ3) is 2.91. The Balaban J connectivity index is 1.79. The summed E-state index contributed by atoms with van der Waals surface area (Å²) < 4.78 is 13.4. The van der Waals surface area contributed by atoms with Crippen LogP contribution in [0.4, 0.5) is 4.39 Å². The van der Waals surface area contributed by atoms with Gasteiger partial charge >= 0.3 is 0 Å². The maximum Gasteiger partial charge on any atom is 0.226 e. The summed E-state index contributed by atoms with van der Waals surface area (Å²) in [4.78, 5) is 25.9. The van der Waals surface area contributed by atoms with Crippen LogP contribution in [0, 0.1) is 17.7 Å². The molecule has 0 spiro atoms. The highest BCUT2D eigenvalue weighted by molar-refractivity contribution is 5.90. The first-order chi connectivity index (χ1) is 10.1. The van der Waals surface area contributed by atoms with E-state index in [1.54, 1.807) is 24.1 Å². The van der Waals surface area contributed by atoms with Crippen LogP contribution in [0.5, 0.6) is 0 Å². The molecule has 2 atom stereocenters. The minimum atomic E-state index is -0.442. The summed E-state index contributed by atoms with van der Waals surface area (Å²) in [5, 5.41) is 2.93. The highest BCUT2D eigenvalue weighted by atomic mass is 19.1. The molecule has 1 N–H and O–H groups in total. The van der Waals surface area contributed by atoms with Crippen molar-refractivity contribution in [3.05, 3.63) is 35.6 Å². The van der Waals surface area contributed by atoms with Crippen LogP contribution in [-0.4, -0.2) is 30.3 Å². The van der Waals surface area contributed by atoms with E-state index >= 15 is 0 Å². The highest BCUT2D eigenvalue weighted by Crippen LogP contribution is 2.37. The minimum Gasteiger partial charge on any atom is -0.355 e. The van der Waals surface area contributed by atoms with E-state index in [0.29, 0.717) is 18.0 Å². The van der Waals surface area contributed by atoms with Crippen molar-refractivity contribution in [2.45, 2.75) is 25.3 Å². The summed E-state index contributed by atoms with van der Waals surface area (Å²) in [6.07, 6.45) is 2.52. The first-order valence-corrected chi connectivity index (χ1v) is 7.35. The molecule has 21 heavy (non-hydrogen) atoms. The summed E-state index contributed by atoms with van der Waals surface area (Å²) in [5.74, 6) is -0.374. The van der Waals surface area contributed by atoms with Crippen LogP contribution in [0.1, 0.15) is 30.9 Å². The zero-order valence-corrected chi connectivity index (χ0v) is 12.0. The number of hydrogen-bond donors (Lipinski definition) is 1. The number of carbonyl (C=O) groups excluding carboxylic acids is 2. The number of nitrogens with zero attached hydrogens (tertiary/aromatic N) is 1. The molecule has 0 aromatic heterocycles. The van der Waals surface area contributed by atoms with Crippen LogP contribution >= 0.6 is 0 Å². The Morgan fingerprint density at radius 1 is 1.43 bits per heavy atom. The molecule has 1 aromatic carbocycles. The van der Waals surface area contributed by atoms with Gasteiger partial charge < -0.3 is 10.2 Å². The van der Waals surface area contributed by atoms with Crippen molar-refractivity contribution in [1.82, 2.24) is 10.2 Å². The average molecular weight is 290 g/mol. The van der Waals surface area contributed by atoms with Crippen molar-refractivity contribution >= 4 is 11.8 Å². The van der Waals surface area contributed by atoms with Crippen LogP contribution in [0.3, 0.4) is 0 Å². The van der Waals surface area contributed by atoms with E-state index < -0.39 is 5.92 Å². The van der Waals surface area contributed by atoms with Crippen LogP contribution in [-0.2, 0) is 9.59 Å². The summed E-state index contributed by atoms with van der Waals surface area (Å²) in [5.41, 5.74) is 0.676. The number of hydrogen-bond acceptors (Lipinski definition) is 2. The topological polar surface area (TPSA) is 49.4 Å². The van der Waals surface area contributed by atoms with Crippen molar-refractivity contribution in [3.63, 3.8) is 0 Å². The summed E-state index contributed by atoms with van der Waals surface area (Å²) in [6.45, 7) is 0.684. The molecule has 0 unspecified atom stereocenters. The Morgan fingerprint density at radius 3 is 2.86 bits per heavy atom. The third-order valence-electron chi connectivity index (χ3n) is 4.38. The van der Waals surface area contributed by atoms with E-state index in [4.69, 9.17) is 0 Å². The fourth-order valence-corrected chi connectivity index (χ4v) is 2.95. The third-order valence-corrected chi connectivity index (χ3v) is 4.38. The van der Waals surface area contributed by atoms with Gasteiger partial charge in [0.2, 0.25) is 11.8 Å². The van der Waals surface area contributed by atoms with Gasteiger partial charge in [-0.15, -0.1) is 0 Å². The van der Waals surface area contributed by atoms with Gasteiger partial charge in [-0.05, 0) is 36.5 Å². The molecular formula is C16H19FN2O2. The van der Waals surface area contributed by atoms with Gasteiger partial charge in [0, 0.05) is 20.0 Å². The maximum atomic E-state index is 13.4. The zero-order valence-electron chi connectivity index (χ0n) is 12.0. The molecule has 0 radical (unpaired) electrons. The number of carbonyl (C=O) groups is 2. The van der Waals surface area contributed by atoms with Crippen LogP contribution in [0.2, 0.25) is 0 Å². The smallest absolute Gasteiger partial charge is 0.226 e. The van der Waals surface area contributed by atoms with Gasteiger partial charge in [-0.25, -0.2) is 4.39 Å². The van der Waals surface area contributed by atoms with Crippen LogP contribution in [0.25, 0.3) is 0 Å². The Bertz CT molecular complexity index is 571.